The van der Waals surface area contributed by atoms with Crippen molar-refractivity contribution in [1.29, 1.82) is 0 Å². The Morgan fingerprint density at radius 2 is 2.13 bits per heavy atom. The van der Waals surface area contributed by atoms with Gasteiger partial charge in [-0.15, -0.1) is 0 Å². The van der Waals surface area contributed by atoms with E-state index in [1.165, 1.54) is 13.2 Å². The maximum absolute atomic E-state index is 13.6. The van der Waals surface area contributed by atoms with E-state index in [-0.39, 0.29) is 17.8 Å². The monoisotopic (exact) mass is 211 g/mol. The lowest BCUT2D eigenvalue weighted by molar-refractivity contribution is 0.405. The van der Waals surface area contributed by atoms with Crippen LogP contribution < -0.4 is 10.5 Å². The molecule has 0 radical (unpaired) electrons. The van der Waals surface area contributed by atoms with Crippen LogP contribution in [0.15, 0.2) is 18.2 Å². The number of benzene rings is 1. The molecule has 0 amide bonds. The maximum atomic E-state index is 13.6. The summed E-state index contributed by atoms with van der Waals surface area (Å²) in [5.41, 5.74) is 6.52. The van der Waals surface area contributed by atoms with Crippen molar-refractivity contribution in [3.05, 3.63) is 29.6 Å². The fourth-order valence-corrected chi connectivity index (χ4v) is 1.47. The summed E-state index contributed by atoms with van der Waals surface area (Å²) in [4.78, 5) is 0. The van der Waals surface area contributed by atoms with Gasteiger partial charge in [-0.3, -0.25) is 0 Å². The highest BCUT2D eigenvalue weighted by molar-refractivity contribution is 5.30. The molecule has 1 aromatic rings. The summed E-state index contributed by atoms with van der Waals surface area (Å²) in [6.45, 7) is 4.07. The molecule has 84 valence electrons. The third kappa shape index (κ3) is 2.69. The molecule has 3 heteroatoms. The van der Waals surface area contributed by atoms with E-state index in [9.17, 15) is 4.39 Å². The molecule has 0 fully saturated rings. The van der Waals surface area contributed by atoms with Crippen LogP contribution in [-0.4, -0.2) is 7.11 Å². The summed E-state index contributed by atoms with van der Waals surface area (Å²) >= 11 is 0. The zero-order valence-corrected chi connectivity index (χ0v) is 9.46. The molecule has 2 atom stereocenters. The second-order valence-electron chi connectivity index (χ2n) is 3.80. The topological polar surface area (TPSA) is 35.2 Å². The predicted octanol–water partition coefficient (Wildman–Crippen LogP) is 2.88. The SMILES string of the molecule is CCC(C)[C@H](N)c1ccc(OC)cc1F. The molecule has 0 heterocycles. The van der Waals surface area contributed by atoms with E-state index in [0.717, 1.165) is 6.42 Å². The second kappa shape index (κ2) is 5.12. The van der Waals surface area contributed by atoms with E-state index in [4.69, 9.17) is 10.5 Å². The molecule has 0 aromatic heterocycles. The molecule has 0 saturated heterocycles. The molecule has 15 heavy (non-hydrogen) atoms. The van der Waals surface area contributed by atoms with Gasteiger partial charge in [0.1, 0.15) is 11.6 Å². The van der Waals surface area contributed by atoms with Gasteiger partial charge in [0.05, 0.1) is 7.11 Å². The quantitative estimate of drug-likeness (QED) is 0.831. The zero-order valence-electron chi connectivity index (χ0n) is 9.46. The van der Waals surface area contributed by atoms with Crippen molar-refractivity contribution in [3.63, 3.8) is 0 Å². The summed E-state index contributed by atoms with van der Waals surface area (Å²) in [7, 11) is 1.52. The maximum Gasteiger partial charge on any atom is 0.131 e. The molecule has 0 saturated carbocycles. The van der Waals surface area contributed by atoms with Gasteiger partial charge >= 0.3 is 0 Å². The van der Waals surface area contributed by atoms with Gasteiger partial charge in [0, 0.05) is 17.7 Å². The van der Waals surface area contributed by atoms with Gasteiger partial charge in [-0.05, 0) is 12.0 Å². The van der Waals surface area contributed by atoms with Crippen LogP contribution in [0.2, 0.25) is 0 Å². The Labute approximate surface area is 90.2 Å². The minimum absolute atomic E-state index is 0.249. The van der Waals surface area contributed by atoms with Crippen LogP contribution in [0.4, 0.5) is 4.39 Å². The minimum Gasteiger partial charge on any atom is -0.497 e. The number of rotatable bonds is 4. The third-order valence-electron chi connectivity index (χ3n) is 2.82. The Morgan fingerprint density at radius 1 is 1.47 bits per heavy atom. The van der Waals surface area contributed by atoms with Gasteiger partial charge in [0.15, 0.2) is 0 Å². The highest BCUT2D eigenvalue weighted by atomic mass is 19.1. The smallest absolute Gasteiger partial charge is 0.131 e. The fraction of sp³-hybridized carbons (Fsp3) is 0.500. The highest BCUT2D eigenvalue weighted by Crippen LogP contribution is 2.26. The van der Waals surface area contributed by atoms with Gasteiger partial charge in [-0.2, -0.15) is 0 Å². The predicted molar refractivity (Wildman–Crippen MR) is 59.3 cm³/mol. The van der Waals surface area contributed by atoms with Crippen LogP contribution in [0.3, 0.4) is 0 Å². The Kier molecular flexibility index (Phi) is 4.09. The summed E-state index contributed by atoms with van der Waals surface area (Å²) in [5.74, 6) is 0.502. The van der Waals surface area contributed by atoms with Crippen molar-refractivity contribution in [3.8, 4) is 5.75 Å². The molecule has 1 aromatic carbocycles. The second-order valence-corrected chi connectivity index (χ2v) is 3.80. The lowest BCUT2D eigenvalue weighted by Gasteiger charge is -2.19. The Bertz CT molecular complexity index is 327. The van der Waals surface area contributed by atoms with Crippen LogP contribution in [0.5, 0.6) is 5.75 Å². The molecule has 0 bridgehead atoms. The van der Waals surface area contributed by atoms with E-state index in [1.54, 1.807) is 12.1 Å². The molecule has 1 unspecified atom stereocenters. The molecule has 2 N–H and O–H groups in total. The Balaban J connectivity index is 2.95. The number of nitrogens with two attached hydrogens (primary N) is 1. The van der Waals surface area contributed by atoms with Gasteiger partial charge in [0.25, 0.3) is 0 Å². The first kappa shape index (κ1) is 12.0. The van der Waals surface area contributed by atoms with Crippen LogP contribution >= 0.6 is 0 Å². The standard InChI is InChI=1S/C12H18FNO/c1-4-8(2)12(14)10-6-5-9(15-3)7-11(10)13/h5-8,12H,4,14H2,1-3H3/t8?,12-/m0/s1. The van der Waals surface area contributed by atoms with E-state index >= 15 is 0 Å². The van der Waals surface area contributed by atoms with E-state index in [2.05, 4.69) is 0 Å². The van der Waals surface area contributed by atoms with Crippen LogP contribution in [-0.2, 0) is 0 Å². The fourth-order valence-electron chi connectivity index (χ4n) is 1.47. The number of hydrogen-bond acceptors (Lipinski definition) is 2. The Hall–Kier alpha value is -1.09. The van der Waals surface area contributed by atoms with E-state index in [0.29, 0.717) is 11.3 Å². The van der Waals surface area contributed by atoms with Crippen molar-refractivity contribution in [1.82, 2.24) is 0 Å². The number of hydrogen-bond donors (Lipinski definition) is 1. The van der Waals surface area contributed by atoms with Gasteiger partial charge in [-0.1, -0.05) is 26.3 Å². The molecule has 2 nitrogen and oxygen atoms in total. The first-order valence-electron chi connectivity index (χ1n) is 5.19. The van der Waals surface area contributed by atoms with Gasteiger partial charge < -0.3 is 10.5 Å². The van der Waals surface area contributed by atoms with E-state index in [1.807, 2.05) is 13.8 Å². The Morgan fingerprint density at radius 3 is 2.60 bits per heavy atom. The summed E-state index contributed by atoms with van der Waals surface area (Å²) in [5, 5.41) is 0. The zero-order chi connectivity index (χ0) is 11.4. The average Bonchev–Trinajstić information content (AvgIpc) is 2.26. The lowest BCUT2D eigenvalue weighted by Crippen LogP contribution is -2.19. The number of halogens is 1. The first-order valence-corrected chi connectivity index (χ1v) is 5.19. The van der Waals surface area contributed by atoms with Crippen molar-refractivity contribution in [2.75, 3.05) is 7.11 Å². The van der Waals surface area contributed by atoms with Crippen LogP contribution in [0.25, 0.3) is 0 Å². The first-order chi connectivity index (χ1) is 7.10. The summed E-state index contributed by atoms with van der Waals surface area (Å²) < 4.78 is 18.6. The molecule has 0 aliphatic carbocycles. The number of ether oxygens (including phenoxy) is 1. The number of methoxy groups -OCH3 is 1. The summed E-state index contributed by atoms with van der Waals surface area (Å²) in [6.07, 6.45) is 0.937. The third-order valence-corrected chi connectivity index (χ3v) is 2.82. The van der Waals surface area contributed by atoms with Crippen molar-refractivity contribution in [2.24, 2.45) is 11.7 Å². The molecule has 0 aliphatic heterocycles. The van der Waals surface area contributed by atoms with Crippen LogP contribution in [0, 0.1) is 11.7 Å². The molecular formula is C12H18FNO. The average molecular weight is 211 g/mol. The lowest BCUT2D eigenvalue weighted by atomic mass is 9.93. The largest absolute Gasteiger partial charge is 0.497 e. The molecule has 0 aliphatic rings. The molecule has 1 rings (SSSR count). The van der Waals surface area contributed by atoms with Gasteiger partial charge in [-0.25, -0.2) is 4.39 Å². The van der Waals surface area contributed by atoms with Crippen LogP contribution in [0.1, 0.15) is 31.9 Å². The van der Waals surface area contributed by atoms with Crippen molar-refractivity contribution >= 4 is 0 Å². The van der Waals surface area contributed by atoms with Crippen molar-refractivity contribution < 1.29 is 9.13 Å². The van der Waals surface area contributed by atoms with E-state index < -0.39 is 0 Å². The summed E-state index contributed by atoms with van der Waals surface area (Å²) in [6, 6.07) is 4.56. The highest BCUT2D eigenvalue weighted by Gasteiger charge is 2.17. The van der Waals surface area contributed by atoms with Gasteiger partial charge in [0.2, 0.25) is 0 Å². The normalized spacial score (nSPS) is 14.7. The van der Waals surface area contributed by atoms with Crippen molar-refractivity contribution in [2.45, 2.75) is 26.3 Å². The minimum atomic E-state index is -0.290. The molecule has 0 spiro atoms. The molecular weight excluding hydrogens is 193 g/mol.